The van der Waals surface area contributed by atoms with Crippen LogP contribution in [0.4, 0.5) is 5.69 Å². The maximum atomic E-state index is 10.5. The first-order valence-electron chi connectivity index (χ1n) is 6.91. The molecule has 0 aliphatic heterocycles. The SMILES string of the molecule is CCCCC(c1ccccc1)N(O)c1ccccc1. The van der Waals surface area contributed by atoms with E-state index in [9.17, 15) is 5.21 Å². The molecule has 1 unspecified atom stereocenters. The minimum atomic E-state index is 0.0172. The van der Waals surface area contributed by atoms with E-state index in [4.69, 9.17) is 0 Å². The second-order valence-electron chi connectivity index (χ2n) is 4.75. The van der Waals surface area contributed by atoms with Crippen molar-refractivity contribution < 1.29 is 5.21 Å². The molecular formula is C17H21NO. The highest BCUT2D eigenvalue weighted by Crippen LogP contribution is 2.29. The van der Waals surface area contributed by atoms with Gasteiger partial charge < -0.3 is 0 Å². The van der Waals surface area contributed by atoms with Crippen LogP contribution in [-0.2, 0) is 0 Å². The van der Waals surface area contributed by atoms with Gasteiger partial charge in [-0.05, 0) is 24.1 Å². The Hall–Kier alpha value is -1.80. The van der Waals surface area contributed by atoms with Gasteiger partial charge in [0.05, 0.1) is 11.7 Å². The first-order valence-corrected chi connectivity index (χ1v) is 6.91. The highest BCUT2D eigenvalue weighted by molar-refractivity contribution is 5.45. The van der Waals surface area contributed by atoms with E-state index in [-0.39, 0.29) is 6.04 Å². The minimum Gasteiger partial charge on any atom is -0.288 e. The Morgan fingerprint density at radius 3 is 2.11 bits per heavy atom. The molecule has 0 fully saturated rings. The molecular weight excluding hydrogens is 234 g/mol. The number of hydrogen-bond donors (Lipinski definition) is 1. The van der Waals surface area contributed by atoms with Crippen LogP contribution in [-0.4, -0.2) is 5.21 Å². The summed E-state index contributed by atoms with van der Waals surface area (Å²) in [6, 6.07) is 19.9. The topological polar surface area (TPSA) is 23.5 Å². The van der Waals surface area contributed by atoms with Gasteiger partial charge in [0, 0.05) is 0 Å². The van der Waals surface area contributed by atoms with E-state index in [1.165, 1.54) is 5.06 Å². The normalized spacial score (nSPS) is 12.1. The monoisotopic (exact) mass is 255 g/mol. The molecule has 0 aliphatic rings. The lowest BCUT2D eigenvalue weighted by Gasteiger charge is -2.28. The second kappa shape index (κ2) is 6.95. The first kappa shape index (κ1) is 13.6. The molecule has 2 rings (SSSR count). The lowest BCUT2D eigenvalue weighted by atomic mass is 10.0. The molecule has 1 N–H and O–H groups in total. The molecule has 0 aromatic heterocycles. The zero-order chi connectivity index (χ0) is 13.5. The third kappa shape index (κ3) is 3.58. The summed E-state index contributed by atoms with van der Waals surface area (Å²) in [5.41, 5.74) is 2.00. The molecule has 0 heterocycles. The first-order chi connectivity index (χ1) is 9.33. The van der Waals surface area contributed by atoms with Crippen molar-refractivity contribution >= 4 is 5.69 Å². The van der Waals surface area contributed by atoms with Crippen molar-refractivity contribution in [1.82, 2.24) is 0 Å². The van der Waals surface area contributed by atoms with Crippen LogP contribution in [0.15, 0.2) is 60.7 Å². The summed E-state index contributed by atoms with van der Waals surface area (Å²) in [5, 5.41) is 11.9. The van der Waals surface area contributed by atoms with Crippen LogP contribution in [0.1, 0.15) is 37.8 Å². The average Bonchev–Trinajstić information content (AvgIpc) is 2.49. The number of rotatable bonds is 6. The predicted molar refractivity (Wildman–Crippen MR) is 79.4 cm³/mol. The Morgan fingerprint density at radius 2 is 1.53 bits per heavy atom. The number of para-hydroxylation sites is 1. The van der Waals surface area contributed by atoms with Gasteiger partial charge in [-0.3, -0.25) is 5.21 Å². The Morgan fingerprint density at radius 1 is 0.947 bits per heavy atom. The Balaban J connectivity index is 2.22. The third-order valence-corrected chi connectivity index (χ3v) is 3.33. The summed E-state index contributed by atoms with van der Waals surface area (Å²) in [6.07, 6.45) is 3.18. The molecule has 0 saturated carbocycles. The van der Waals surface area contributed by atoms with E-state index in [0.29, 0.717) is 0 Å². The van der Waals surface area contributed by atoms with Gasteiger partial charge in [-0.1, -0.05) is 68.3 Å². The van der Waals surface area contributed by atoms with Crippen LogP contribution in [0.5, 0.6) is 0 Å². The lowest BCUT2D eigenvalue weighted by Crippen LogP contribution is -2.24. The maximum Gasteiger partial charge on any atom is 0.0812 e. The molecule has 0 aliphatic carbocycles. The number of hydroxylamine groups is 1. The summed E-state index contributed by atoms with van der Waals surface area (Å²) in [6.45, 7) is 2.17. The van der Waals surface area contributed by atoms with Crippen LogP contribution in [0.25, 0.3) is 0 Å². The van der Waals surface area contributed by atoms with Gasteiger partial charge in [0.1, 0.15) is 0 Å². The molecule has 0 spiro atoms. The summed E-state index contributed by atoms with van der Waals surface area (Å²) in [7, 11) is 0. The van der Waals surface area contributed by atoms with Crippen molar-refractivity contribution in [3.8, 4) is 0 Å². The molecule has 2 heteroatoms. The second-order valence-corrected chi connectivity index (χ2v) is 4.75. The van der Waals surface area contributed by atoms with Crippen LogP contribution in [0, 0.1) is 0 Å². The zero-order valence-corrected chi connectivity index (χ0v) is 11.4. The molecule has 0 saturated heterocycles. The molecule has 100 valence electrons. The Kier molecular flexibility index (Phi) is 4.99. The van der Waals surface area contributed by atoms with Crippen molar-refractivity contribution in [1.29, 1.82) is 0 Å². The standard InChI is InChI=1S/C17H21NO/c1-2-3-14-17(15-10-6-4-7-11-15)18(19)16-12-8-5-9-13-16/h4-13,17,19H,2-3,14H2,1H3. The van der Waals surface area contributed by atoms with Crippen LogP contribution in [0.3, 0.4) is 0 Å². The highest BCUT2D eigenvalue weighted by Gasteiger charge is 2.18. The number of hydrogen-bond acceptors (Lipinski definition) is 2. The molecule has 2 nitrogen and oxygen atoms in total. The number of benzene rings is 2. The fraction of sp³-hybridized carbons (Fsp3) is 0.294. The van der Waals surface area contributed by atoms with Crippen LogP contribution in [0.2, 0.25) is 0 Å². The fourth-order valence-electron chi connectivity index (χ4n) is 2.26. The van der Waals surface area contributed by atoms with E-state index >= 15 is 0 Å². The average molecular weight is 255 g/mol. The molecule has 0 amide bonds. The maximum absolute atomic E-state index is 10.5. The van der Waals surface area contributed by atoms with Crippen molar-refractivity contribution in [2.75, 3.05) is 5.06 Å². The Labute approximate surface area is 115 Å². The smallest absolute Gasteiger partial charge is 0.0812 e. The molecule has 2 aromatic carbocycles. The van der Waals surface area contributed by atoms with E-state index in [0.717, 1.165) is 30.5 Å². The number of unbranched alkanes of at least 4 members (excludes halogenated alkanes) is 1. The Bertz CT molecular complexity index is 469. The van der Waals surface area contributed by atoms with Gasteiger partial charge in [0.25, 0.3) is 0 Å². The summed E-state index contributed by atoms with van der Waals surface area (Å²) < 4.78 is 0. The molecule has 19 heavy (non-hydrogen) atoms. The van der Waals surface area contributed by atoms with Gasteiger partial charge in [-0.2, -0.15) is 0 Å². The van der Waals surface area contributed by atoms with Crippen molar-refractivity contribution in [2.45, 2.75) is 32.2 Å². The van der Waals surface area contributed by atoms with Gasteiger partial charge in [-0.15, -0.1) is 0 Å². The van der Waals surface area contributed by atoms with E-state index in [2.05, 4.69) is 19.1 Å². The summed E-state index contributed by atoms with van der Waals surface area (Å²) in [4.78, 5) is 0. The predicted octanol–water partition coefficient (Wildman–Crippen LogP) is 4.81. The van der Waals surface area contributed by atoms with Crippen molar-refractivity contribution in [2.24, 2.45) is 0 Å². The molecule has 0 radical (unpaired) electrons. The van der Waals surface area contributed by atoms with E-state index < -0.39 is 0 Å². The van der Waals surface area contributed by atoms with Gasteiger partial charge in [-0.25, -0.2) is 5.06 Å². The quantitative estimate of drug-likeness (QED) is 0.748. The van der Waals surface area contributed by atoms with Gasteiger partial charge >= 0.3 is 0 Å². The fourth-order valence-corrected chi connectivity index (χ4v) is 2.26. The zero-order valence-electron chi connectivity index (χ0n) is 11.4. The molecule has 1 atom stereocenters. The largest absolute Gasteiger partial charge is 0.288 e. The molecule has 0 bridgehead atoms. The van der Waals surface area contributed by atoms with Crippen molar-refractivity contribution in [3.63, 3.8) is 0 Å². The van der Waals surface area contributed by atoms with Crippen LogP contribution < -0.4 is 5.06 Å². The summed E-state index contributed by atoms with van der Waals surface area (Å²) >= 11 is 0. The van der Waals surface area contributed by atoms with Crippen molar-refractivity contribution in [3.05, 3.63) is 66.2 Å². The number of anilines is 1. The third-order valence-electron chi connectivity index (χ3n) is 3.33. The highest BCUT2D eigenvalue weighted by atomic mass is 16.5. The van der Waals surface area contributed by atoms with E-state index in [1.807, 2.05) is 48.5 Å². The minimum absolute atomic E-state index is 0.0172. The van der Waals surface area contributed by atoms with Gasteiger partial charge in [0.15, 0.2) is 0 Å². The van der Waals surface area contributed by atoms with Crippen LogP contribution >= 0.6 is 0 Å². The summed E-state index contributed by atoms with van der Waals surface area (Å²) in [5.74, 6) is 0. The molecule has 2 aromatic rings. The van der Waals surface area contributed by atoms with E-state index in [1.54, 1.807) is 0 Å². The number of nitrogens with zero attached hydrogens (tertiary/aromatic N) is 1. The lowest BCUT2D eigenvalue weighted by molar-refractivity contribution is 0.209. The van der Waals surface area contributed by atoms with Gasteiger partial charge in [0.2, 0.25) is 0 Å².